The van der Waals surface area contributed by atoms with Crippen molar-refractivity contribution in [3.63, 3.8) is 0 Å². The lowest BCUT2D eigenvalue weighted by Gasteiger charge is -2.10. The van der Waals surface area contributed by atoms with Gasteiger partial charge in [0, 0.05) is 23.0 Å². The standard InChI is InChI=1S/C14H20N2OS.ClH/c1-18-13-6-2-4-12(10-13)16-14(17)8-7-11-5-3-9-15-11;/h2,4,6,10-11,15H,3,5,7-9H2,1H3,(H,16,17);1H. The highest BCUT2D eigenvalue weighted by molar-refractivity contribution is 7.98. The second kappa shape index (κ2) is 8.46. The van der Waals surface area contributed by atoms with Crippen LogP contribution in [0, 0.1) is 0 Å². The molecule has 2 rings (SSSR count). The van der Waals surface area contributed by atoms with Gasteiger partial charge >= 0.3 is 0 Å². The Kier molecular flexibility index (Phi) is 7.28. The van der Waals surface area contributed by atoms with Gasteiger partial charge in [-0.2, -0.15) is 0 Å². The fraction of sp³-hybridized carbons (Fsp3) is 0.500. The highest BCUT2D eigenvalue weighted by atomic mass is 35.5. The molecule has 1 aromatic carbocycles. The molecule has 0 bridgehead atoms. The van der Waals surface area contributed by atoms with Crippen molar-refractivity contribution < 1.29 is 4.79 Å². The van der Waals surface area contributed by atoms with Gasteiger partial charge in [0.1, 0.15) is 0 Å². The van der Waals surface area contributed by atoms with Crippen molar-refractivity contribution in [2.75, 3.05) is 18.1 Å². The van der Waals surface area contributed by atoms with Gasteiger partial charge in [0.15, 0.2) is 0 Å². The average molecular weight is 301 g/mol. The van der Waals surface area contributed by atoms with Crippen LogP contribution in [0.1, 0.15) is 25.7 Å². The summed E-state index contributed by atoms with van der Waals surface area (Å²) in [6.07, 6.45) is 6.01. The SMILES string of the molecule is CSc1cccc(NC(=O)CCC2CCCN2)c1.Cl. The maximum absolute atomic E-state index is 11.8. The van der Waals surface area contributed by atoms with Gasteiger partial charge in [-0.3, -0.25) is 4.79 Å². The van der Waals surface area contributed by atoms with Gasteiger partial charge in [-0.05, 0) is 50.3 Å². The van der Waals surface area contributed by atoms with E-state index in [1.807, 2.05) is 30.5 Å². The molecule has 1 amide bonds. The van der Waals surface area contributed by atoms with Crippen LogP contribution >= 0.6 is 24.2 Å². The van der Waals surface area contributed by atoms with Crippen molar-refractivity contribution in [1.29, 1.82) is 0 Å². The molecule has 2 N–H and O–H groups in total. The Labute approximate surface area is 125 Å². The molecule has 1 atom stereocenters. The molecule has 106 valence electrons. The molecule has 0 radical (unpaired) electrons. The number of hydrogen-bond acceptors (Lipinski definition) is 3. The first-order valence-corrected chi connectivity index (χ1v) is 7.67. The van der Waals surface area contributed by atoms with E-state index in [1.54, 1.807) is 11.8 Å². The summed E-state index contributed by atoms with van der Waals surface area (Å²) < 4.78 is 0. The van der Waals surface area contributed by atoms with Crippen molar-refractivity contribution in [3.8, 4) is 0 Å². The zero-order chi connectivity index (χ0) is 12.8. The molecule has 0 spiro atoms. The molecule has 1 unspecified atom stereocenters. The maximum Gasteiger partial charge on any atom is 0.224 e. The lowest BCUT2D eigenvalue weighted by Crippen LogP contribution is -2.23. The summed E-state index contributed by atoms with van der Waals surface area (Å²) in [7, 11) is 0. The fourth-order valence-corrected chi connectivity index (χ4v) is 2.69. The van der Waals surface area contributed by atoms with Gasteiger partial charge < -0.3 is 10.6 Å². The van der Waals surface area contributed by atoms with Crippen LogP contribution in [0.3, 0.4) is 0 Å². The van der Waals surface area contributed by atoms with E-state index in [2.05, 4.69) is 10.6 Å². The van der Waals surface area contributed by atoms with Crippen molar-refractivity contribution in [2.45, 2.75) is 36.6 Å². The third kappa shape index (κ3) is 5.43. The number of nitrogens with one attached hydrogen (secondary N) is 2. The number of benzene rings is 1. The minimum atomic E-state index is 0. The van der Waals surface area contributed by atoms with Crippen molar-refractivity contribution in [2.24, 2.45) is 0 Å². The van der Waals surface area contributed by atoms with Crippen molar-refractivity contribution >= 4 is 35.8 Å². The van der Waals surface area contributed by atoms with Gasteiger partial charge in [-0.15, -0.1) is 24.2 Å². The van der Waals surface area contributed by atoms with Crippen LogP contribution in [0.2, 0.25) is 0 Å². The smallest absolute Gasteiger partial charge is 0.224 e. The zero-order valence-corrected chi connectivity index (χ0v) is 12.8. The molecule has 19 heavy (non-hydrogen) atoms. The van der Waals surface area contributed by atoms with Crippen LogP contribution < -0.4 is 10.6 Å². The molecule has 1 heterocycles. The number of carbonyl (C=O) groups is 1. The lowest BCUT2D eigenvalue weighted by atomic mass is 10.1. The number of anilines is 1. The Morgan fingerprint density at radius 1 is 1.53 bits per heavy atom. The van der Waals surface area contributed by atoms with Gasteiger partial charge in [0.25, 0.3) is 0 Å². The molecular formula is C14H21ClN2OS. The van der Waals surface area contributed by atoms with Gasteiger partial charge in [0.05, 0.1) is 0 Å². The summed E-state index contributed by atoms with van der Waals surface area (Å²) in [5.41, 5.74) is 0.895. The van der Waals surface area contributed by atoms with Crippen LogP contribution in [-0.2, 0) is 4.79 Å². The Hall–Kier alpha value is -0.710. The summed E-state index contributed by atoms with van der Waals surface area (Å²) in [5, 5.41) is 6.37. The molecule has 1 saturated heterocycles. The molecule has 0 saturated carbocycles. The zero-order valence-electron chi connectivity index (χ0n) is 11.1. The Bertz CT molecular complexity index is 408. The van der Waals surface area contributed by atoms with Crippen LogP contribution in [-0.4, -0.2) is 24.7 Å². The largest absolute Gasteiger partial charge is 0.326 e. The quantitative estimate of drug-likeness (QED) is 0.820. The van der Waals surface area contributed by atoms with Crippen molar-refractivity contribution in [3.05, 3.63) is 24.3 Å². The van der Waals surface area contributed by atoms with E-state index in [-0.39, 0.29) is 18.3 Å². The molecule has 5 heteroatoms. The highest BCUT2D eigenvalue weighted by Crippen LogP contribution is 2.19. The topological polar surface area (TPSA) is 41.1 Å². The summed E-state index contributed by atoms with van der Waals surface area (Å²) in [6, 6.07) is 8.50. The minimum Gasteiger partial charge on any atom is -0.326 e. The second-order valence-electron chi connectivity index (χ2n) is 4.61. The van der Waals surface area contributed by atoms with Crippen LogP contribution in [0.4, 0.5) is 5.69 Å². The Morgan fingerprint density at radius 2 is 2.37 bits per heavy atom. The van der Waals surface area contributed by atoms with Gasteiger partial charge in [-0.1, -0.05) is 6.07 Å². The second-order valence-corrected chi connectivity index (χ2v) is 5.49. The molecule has 0 aliphatic carbocycles. The number of halogens is 1. The number of thioether (sulfide) groups is 1. The van der Waals surface area contributed by atoms with E-state index >= 15 is 0 Å². The number of amides is 1. The summed E-state index contributed by atoms with van der Waals surface area (Å²) in [5.74, 6) is 0.113. The summed E-state index contributed by atoms with van der Waals surface area (Å²) in [6.45, 7) is 1.10. The van der Waals surface area contributed by atoms with E-state index < -0.39 is 0 Å². The van der Waals surface area contributed by atoms with Crippen LogP contribution in [0.5, 0.6) is 0 Å². The molecule has 1 aliphatic rings. The van der Waals surface area contributed by atoms with Crippen LogP contribution in [0.25, 0.3) is 0 Å². The van der Waals surface area contributed by atoms with E-state index in [4.69, 9.17) is 0 Å². The minimum absolute atomic E-state index is 0. The first-order valence-electron chi connectivity index (χ1n) is 6.45. The Morgan fingerprint density at radius 3 is 3.05 bits per heavy atom. The third-order valence-electron chi connectivity index (χ3n) is 3.24. The molecule has 1 fully saturated rings. The predicted octanol–water partition coefficient (Wildman–Crippen LogP) is 3.30. The summed E-state index contributed by atoms with van der Waals surface area (Å²) in [4.78, 5) is 13.0. The van der Waals surface area contributed by atoms with E-state index in [9.17, 15) is 4.79 Å². The molecule has 3 nitrogen and oxygen atoms in total. The van der Waals surface area contributed by atoms with E-state index in [0.717, 1.165) is 18.7 Å². The van der Waals surface area contributed by atoms with Gasteiger partial charge in [-0.25, -0.2) is 0 Å². The normalized spacial score (nSPS) is 17.8. The number of hydrogen-bond donors (Lipinski definition) is 2. The molecule has 1 aliphatic heterocycles. The first kappa shape index (κ1) is 16.3. The van der Waals surface area contributed by atoms with Gasteiger partial charge in [0.2, 0.25) is 5.91 Å². The van der Waals surface area contributed by atoms with Crippen molar-refractivity contribution in [1.82, 2.24) is 5.32 Å². The van der Waals surface area contributed by atoms with Crippen LogP contribution in [0.15, 0.2) is 29.2 Å². The Balaban J connectivity index is 0.00000180. The highest BCUT2D eigenvalue weighted by Gasteiger charge is 2.15. The fourth-order valence-electron chi connectivity index (χ4n) is 2.23. The lowest BCUT2D eigenvalue weighted by molar-refractivity contribution is -0.116. The average Bonchev–Trinajstić information content (AvgIpc) is 2.90. The molecular weight excluding hydrogens is 280 g/mol. The molecule has 1 aromatic rings. The number of rotatable bonds is 5. The predicted molar refractivity (Wildman–Crippen MR) is 84.4 cm³/mol. The summed E-state index contributed by atoms with van der Waals surface area (Å²) >= 11 is 1.68. The monoisotopic (exact) mass is 300 g/mol. The molecule has 0 aromatic heterocycles. The van der Waals surface area contributed by atoms with E-state index in [1.165, 1.54) is 17.7 Å². The third-order valence-corrected chi connectivity index (χ3v) is 3.96. The maximum atomic E-state index is 11.8. The number of carbonyl (C=O) groups excluding carboxylic acids is 1. The first-order chi connectivity index (χ1) is 8.78. The van der Waals surface area contributed by atoms with E-state index in [0.29, 0.717) is 12.5 Å².